The topological polar surface area (TPSA) is 26.0 Å². The quantitative estimate of drug-likeness (QED) is 0.709. The molecule has 0 spiro atoms. The molecule has 0 amide bonds. The van der Waals surface area contributed by atoms with Gasteiger partial charge in [-0.05, 0) is 30.5 Å². The van der Waals surface area contributed by atoms with Crippen molar-refractivity contribution >= 4 is 0 Å². The maximum absolute atomic E-state index is 13.1. The Morgan fingerprint density at radius 3 is 2.85 bits per heavy atom. The zero-order chi connectivity index (χ0) is 9.84. The standard InChI is InChI=1S/C11H14FN/c1-3-4-11(13)9-6-5-8(2)10(12)7-9/h3,5-7,11H,1,4,13H2,2H3/t11-/m0/s1. The summed E-state index contributed by atoms with van der Waals surface area (Å²) in [5, 5.41) is 0. The van der Waals surface area contributed by atoms with Gasteiger partial charge in [-0.1, -0.05) is 18.2 Å². The zero-order valence-corrected chi connectivity index (χ0v) is 7.76. The van der Waals surface area contributed by atoms with Crippen molar-refractivity contribution in [3.63, 3.8) is 0 Å². The smallest absolute Gasteiger partial charge is 0.126 e. The number of rotatable bonds is 3. The van der Waals surface area contributed by atoms with Gasteiger partial charge in [0.25, 0.3) is 0 Å². The van der Waals surface area contributed by atoms with E-state index in [9.17, 15) is 4.39 Å². The van der Waals surface area contributed by atoms with Gasteiger partial charge < -0.3 is 5.73 Å². The molecule has 0 aliphatic carbocycles. The lowest BCUT2D eigenvalue weighted by Gasteiger charge is -2.09. The Hall–Kier alpha value is -1.15. The third kappa shape index (κ3) is 2.39. The Balaban J connectivity index is 2.89. The van der Waals surface area contributed by atoms with E-state index in [1.165, 1.54) is 6.07 Å². The van der Waals surface area contributed by atoms with E-state index in [-0.39, 0.29) is 11.9 Å². The highest BCUT2D eigenvalue weighted by molar-refractivity contribution is 5.25. The minimum Gasteiger partial charge on any atom is -0.324 e. The van der Waals surface area contributed by atoms with Crippen LogP contribution in [0, 0.1) is 12.7 Å². The van der Waals surface area contributed by atoms with Crippen LogP contribution in [0.2, 0.25) is 0 Å². The molecule has 1 atom stereocenters. The molecule has 0 radical (unpaired) electrons. The highest BCUT2D eigenvalue weighted by Gasteiger charge is 2.05. The average Bonchev–Trinajstić information content (AvgIpc) is 2.10. The van der Waals surface area contributed by atoms with E-state index in [1.807, 2.05) is 6.07 Å². The fourth-order valence-corrected chi connectivity index (χ4v) is 1.16. The molecule has 0 saturated carbocycles. The Bertz CT molecular complexity index is 307. The number of hydrogen-bond donors (Lipinski definition) is 1. The first-order valence-corrected chi connectivity index (χ1v) is 4.27. The van der Waals surface area contributed by atoms with Crippen molar-refractivity contribution in [1.82, 2.24) is 0 Å². The predicted octanol–water partition coefficient (Wildman–Crippen LogP) is 2.71. The van der Waals surface area contributed by atoms with E-state index in [4.69, 9.17) is 5.73 Å². The van der Waals surface area contributed by atoms with Crippen molar-refractivity contribution in [2.75, 3.05) is 0 Å². The Morgan fingerprint density at radius 2 is 2.31 bits per heavy atom. The first-order valence-electron chi connectivity index (χ1n) is 4.27. The molecule has 0 bridgehead atoms. The third-order valence-electron chi connectivity index (χ3n) is 2.04. The number of hydrogen-bond acceptors (Lipinski definition) is 1. The summed E-state index contributed by atoms with van der Waals surface area (Å²) >= 11 is 0. The number of aryl methyl sites for hydroxylation is 1. The van der Waals surface area contributed by atoms with E-state index >= 15 is 0 Å². The molecule has 2 heteroatoms. The lowest BCUT2D eigenvalue weighted by atomic mass is 10.0. The molecule has 1 aromatic carbocycles. The monoisotopic (exact) mass is 179 g/mol. The maximum Gasteiger partial charge on any atom is 0.126 e. The van der Waals surface area contributed by atoms with Crippen molar-refractivity contribution in [2.45, 2.75) is 19.4 Å². The molecular formula is C11H14FN. The van der Waals surface area contributed by atoms with Gasteiger partial charge in [0.1, 0.15) is 5.82 Å². The van der Waals surface area contributed by atoms with Crippen LogP contribution < -0.4 is 5.73 Å². The van der Waals surface area contributed by atoms with E-state index in [0.29, 0.717) is 12.0 Å². The van der Waals surface area contributed by atoms with Gasteiger partial charge in [-0.15, -0.1) is 6.58 Å². The molecule has 0 aliphatic rings. The Kier molecular flexibility index (Phi) is 3.20. The molecule has 70 valence electrons. The van der Waals surface area contributed by atoms with Crippen LogP contribution in [-0.4, -0.2) is 0 Å². The molecule has 1 rings (SSSR count). The lowest BCUT2D eigenvalue weighted by Crippen LogP contribution is -2.09. The largest absolute Gasteiger partial charge is 0.324 e. The number of nitrogens with two attached hydrogens (primary N) is 1. The Labute approximate surface area is 78.1 Å². The van der Waals surface area contributed by atoms with Crippen molar-refractivity contribution in [2.24, 2.45) is 5.73 Å². The zero-order valence-electron chi connectivity index (χ0n) is 7.76. The summed E-state index contributed by atoms with van der Waals surface area (Å²) in [6.45, 7) is 5.33. The van der Waals surface area contributed by atoms with Crippen LogP contribution in [-0.2, 0) is 0 Å². The van der Waals surface area contributed by atoms with Gasteiger partial charge >= 0.3 is 0 Å². The van der Waals surface area contributed by atoms with E-state index in [0.717, 1.165) is 5.56 Å². The van der Waals surface area contributed by atoms with E-state index < -0.39 is 0 Å². The molecule has 0 aliphatic heterocycles. The van der Waals surface area contributed by atoms with Gasteiger partial charge in [-0.3, -0.25) is 0 Å². The molecule has 1 aromatic rings. The van der Waals surface area contributed by atoms with Crippen molar-refractivity contribution in [3.05, 3.63) is 47.8 Å². The first-order chi connectivity index (χ1) is 6.15. The molecular weight excluding hydrogens is 165 g/mol. The second-order valence-electron chi connectivity index (χ2n) is 3.14. The van der Waals surface area contributed by atoms with Gasteiger partial charge in [-0.25, -0.2) is 4.39 Å². The summed E-state index contributed by atoms with van der Waals surface area (Å²) in [5.74, 6) is -0.197. The SMILES string of the molecule is C=CC[C@H](N)c1ccc(C)c(F)c1. The van der Waals surface area contributed by atoms with Crippen LogP contribution in [0.1, 0.15) is 23.6 Å². The van der Waals surface area contributed by atoms with Crippen LogP contribution in [0.4, 0.5) is 4.39 Å². The summed E-state index contributed by atoms with van der Waals surface area (Å²) in [4.78, 5) is 0. The van der Waals surface area contributed by atoms with Crippen LogP contribution in [0.5, 0.6) is 0 Å². The minimum atomic E-state index is -0.197. The van der Waals surface area contributed by atoms with E-state index in [2.05, 4.69) is 6.58 Å². The van der Waals surface area contributed by atoms with Crippen LogP contribution >= 0.6 is 0 Å². The van der Waals surface area contributed by atoms with Crippen molar-refractivity contribution in [3.8, 4) is 0 Å². The number of halogens is 1. The molecule has 1 nitrogen and oxygen atoms in total. The highest BCUT2D eigenvalue weighted by Crippen LogP contribution is 2.17. The predicted molar refractivity (Wildman–Crippen MR) is 52.9 cm³/mol. The summed E-state index contributed by atoms with van der Waals surface area (Å²) < 4.78 is 13.1. The average molecular weight is 179 g/mol. The molecule has 2 N–H and O–H groups in total. The minimum absolute atomic E-state index is 0.146. The molecule has 0 unspecified atom stereocenters. The molecule has 0 heterocycles. The van der Waals surface area contributed by atoms with Crippen LogP contribution in [0.25, 0.3) is 0 Å². The number of benzene rings is 1. The highest BCUT2D eigenvalue weighted by atomic mass is 19.1. The molecule has 0 saturated heterocycles. The van der Waals surface area contributed by atoms with Gasteiger partial charge in [0.15, 0.2) is 0 Å². The van der Waals surface area contributed by atoms with Crippen LogP contribution in [0.3, 0.4) is 0 Å². The second kappa shape index (κ2) is 4.19. The van der Waals surface area contributed by atoms with Gasteiger partial charge in [0.2, 0.25) is 0 Å². The van der Waals surface area contributed by atoms with Gasteiger partial charge in [0.05, 0.1) is 0 Å². The van der Waals surface area contributed by atoms with Gasteiger partial charge in [-0.2, -0.15) is 0 Å². The van der Waals surface area contributed by atoms with Gasteiger partial charge in [0, 0.05) is 6.04 Å². The third-order valence-corrected chi connectivity index (χ3v) is 2.04. The van der Waals surface area contributed by atoms with E-state index in [1.54, 1.807) is 19.1 Å². The maximum atomic E-state index is 13.1. The fraction of sp³-hybridized carbons (Fsp3) is 0.273. The summed E-state index contributed by atoms with van der Waals surface area (Å²) in [5.41, 5.74) is 7.26. The molecule has 0 fully saturated rings. The summed E-state index contributed by atoms with van der Waals surface area (Å²) in [6, 6.07) is 4.94. The van der Waals surface area contributed by atoms with Crippen molar-refractivity contribution in [1.29, 1.82) is 0 Å². The fourth-order valence-electron chi connectivity index (χ4n) is 1.16. The lowest BCUT2D eigenvalue weighted by molar-refractivity contribution is 0.611. The summed E-state index contributed by atoms with van der Waals surface area (Å²) in [7, 11) is 0. The normalized spacial score (nSPS) is 12.5. The molecule has 0 aromatic heterocycles. The van der Waals surface area contributed by atoms with Crippen molar-refractivity contribution < 1.29 is 4.39 Å². The first kappa shape index (κ1) is 9.93. The second-order valence-corrected chi connectivity index (χ2v) is 3.14. The van der Waals surface area contributed by atoms with Crippen LogP contribution in [0.15, 0.2) is 30.9 Å². The Morgan fingerprint density at radius 1 is 1.62 bits per heavy atom. The molecule has 13 heavy (non-hydrogen) atoms. The summed E-state index contributed by atoms with van der Waals surface area (Å²) in [6.07, 6.45) is 2.41.